The van der Waals surface area contributed by atoms with E-state index in [1.54, 1.807) is 17.0 Å². The second-order valence-electron chi connectivity index (χ2n) is 6.43. The lowest BCUT2D eigenvalue weighted by Gasteiger charge is -2.12. The lowest BCUT2D eigenvalue weighted by atomic mass is 10.1. The number of anilines is 1. The van der Waals surface area contributed by atoms with Gasteiger partial charge in [-0.05, 0) is 43.4 Å². The molecule has 0 aromatic heterocycles. The Kier molecular flexibility index (Phi) is 9.24. The highest BCUT2D eigenvalue weighted by Crippen LogP contribution is 2.26. The van der Waals surface area contributed by atoms with Crippen molar-refractivity contribution in [1.29, 1.82) is 5.26 Å². The first kappa shape index (κ1) is 22.1. The topological polar surface area (TPSA) is 108 Å². The van der Waals surface area contributed by atoms with E-state index in [4.69, 9.17) is 15.1 Å². The Morgan fingerprint density at radius 1 is 1.38 bits per heavy atom. The van der Waals surface area contributed by atoms with Crippen molar-refractivity contribution in [2.45, 2.75) is 44.4 Å². The molecule has 0 saturated carbocycles. The molecule has 1 saturated heterocycles. The number of nitrogens with two attached hydrogens (primary N) is 1. The van der Waals surface area contributed by atoms with Gasteiger partial charge in [-0.25, -0.2) is 13.6 Å². The number of nitrogens with zero attached hydrogens (tertiary/aromatic N) is 2. The van der Waals surface area contributed by atoms with E-state index in [1.165, 1.54) is 26.0 Å². The van der Waals surface area contributed by atoms with Gasteiger partial charge in [-0.2, -0.15) is 5.26 Å². The molecule has 146 valence electrons. The quantitative estimate of drug-likeness (QED) is 0.702. The van der Waals surface area contributed by atoms with Crippen molar-refractivity contribution < 1.29 is 13.2 Å². The lowest BCUT2D eigenvalue weighted by molar-refractivity contribution is 0.403. The Labute approximate surface area is 157 Å². The SMILES string of the molecule is CCC(C)CCNc1ccc(OC)c(S(N)(=O)=O)c1.N#CN1CCCC1. The first-order valence-corrected chi connectivity index (χ1v) is 10.5. The molecule has 1 aromatic carbocycles. The normalized spacial score (nSPS) is 14.8. The zero-order valence-corrected chi connectivity index (χ0v) is 16.7. The summed E-state index contributed by atoms with van der Waals surface area (Å²) >= 11 is 0. The summed E-state index contributed by atoms with van der Waals surface area (Å²) in [5.74, 6) is 0.901. The molecule has 1 unspecified atom stereocenters. The van der Waals surface area contributed by atoms with Crippen molar-refractivity contribution in [2.24, 2.45) is 11.1 Å². The predicted molar refractivity (Wildman–Crippen MR) is 103 cm³/mol. The highest BCUT2D eigenvalue weighted by Gasteiger charge is 2.15. The molecule has 0 spiro atoms. The molecule has 1 aromatic rings. The van der Waals surface area contributed by atoms with Gasteiger partial charge in [0.05, 0.1) is 7.11 Å². The van der Waals surface area contributed by atoms with Crippen LogP contribution < -0.4 is 15.2 Å². The standard InChI is InChI=1S/C13H22N2O3S.C5H8N2/c1-4-10(2)7-8-15-11-5-6-12(18-3)13(9-11)19(14,16)17;6-5-7-3-1-2-4-7/h5-6,9-10,15H,4,7-8H2,1-3H3,(H2,14,16,17);1-4H2. The van der Waals surface area contributed by atoms with E-state index in [0.29, 0.717) is 5.92 Å². The van der Waals surface area contributed by atoms with E-state index < -0.39 is 10.0 Å². The van der Waals surface area contributed by atoms with Crippen molar-refractivity contribution >= 4 is 15.7 Å². The summed E-state index contributed by atoms with van der Waals surface area (Å²) in [5.41, 5.74) is 0.730. The third-order valence-electron chi connectivity index (χ3n) is 4.38. The van der Waals surface area contributed by atoms with Crippen molar-refractivity contribution in [3.63, 3.8) is 0 Å². The number of ether oxygens (including phenoxy) is 1. The number of nitrogens with one attached hydrogen (secondary N) is 1. The Balaban J connectivity index is 0.000000401. The zero-order valence-electron chi connectivity index (χ0n) is 15.9. The van der Waals surface area contributed by atoms with Crippen LogP contribution in [0.3, 0.4) is 0 Å². The molecule has 26 heavy (non-hydrogen) atoms. The first-order chi connectivity index (χ1) is 12.3. The summed E-state index contributed by atoms with van der Waals surface area (Å²) in [5, 5.41) is 16.6. The number of benzene rings is 1. The molecular weight excluding hydrogens is 352 g/mol. The van der Waals surface area contributed by atoms with Crippen LogP contribution >= 0.6 is 0 Å². The molecule has 8 heteroatoms. The van der Waals surface area contributed by atoms with Crippen LogP contribution in [0.15, 0.2) is 23.1 Å². The van der Waals surface area contributed by atoms with Gasteiger partial charge in [0.1, 0.15) is 10.6 Å². The maximum atomic E-state index is 11.5. The van der Waals surface area contributed by atoms with Crippen LogP contribution in [0.2, 0.25) is 0 Å². The number of likely N-dealkylation sites (tertiary alicyclic amines) is 1. The van der Waals surface area contributed by atoms with E-state index >= 15 is 0 Å². The summed E-state index contributed by atoms with van der Waals surface area (Å²) < 4.78 is 27.9. The summed E-state index contributed by atoms with van der Waals surface area (Å²) in [4.78, 5) is 1.79. The maximum Gasteiger partial charge on any atom is 0.241 e. The molecule has 1 fully saturated rings. The number of methoxy groups -OCH3 is 1. The smallest absolute Gasteiger partial charge is 0.241 e. The van der Waals surface area contributed by atoms with E-state index in [1.807, 2.05) is 0 Å². The van der Waals surface area contributed by atoms with Gasteiger partial charge in [0.15, 0.2) is 6.19 Å². The van der Waals surface area contributed by atoms with E-state index in [2.05, 4.69) is 25.4 Å². The van der Waals surface area contributed by atoms with Crippen LogP contribution in [0.1, 0.15) is 39.5 Å². The molecule has 1 aliphatic heterocycles. The fourth-order valence-corrected chi connectivity index (χ4v) is 3.22. The fraction of sp³-hybridized carbons (Fsp3) is 0.611. The largest absolute Gasteiger partial charge is 0.495 e. The van der Waals surface area contributed by atoms with Crippen LogP contribution in [-0.4, -0.2) is 40.1 Å². The molecule has 2 rings (SSSR count). The number of hydrogen-bond donors (Lipinski definition) is 2. The number of hydrogen-bond acceptors (Lipinski definition) is 6. The number of sulfonamides is 1. The van der Waals surface area contributed by atoms with E-state index in [9.17, 15) is 8.42 Å². The Morgan fingerprint density at radius 3 is 2.50 bits per heavy atom. The minimum absolute atomic E-state index is 0.00328. The number of nitriles is 1. The Morgan fingerprint density at radius 2 is 2.04 bits per heavy atom. The second-order valence-corrected chi connectivity index (χ2v) is 7.96. The van der Waals surface area contributed by atoms with E-state index in [0.717, 1.165) is 38.2 Å². The van der Waals surface area contributed by atoms with Crippen LogP contribution in [0.4, 0.5) is 5.69 Å². The third-order valence-corrected chi connectivity index (χ3v) is 5.31. The molecule has 0 aliphatic carbocycles. The summed E-state index contributed by atoms with van der Waals surface area (Å²) in [6.45, 7) is 7.10. The highest BCUT2D eigenvalue weighted by atomic mass is 32.2. The zero-order chi connectivity index (χ0) is 19.6. The van der Waals surface area contributed by atoms with Crippen molar-refractivity contribution in [3.05, 3.63) is 18.2 Å². The van der Waals surface area contributed by atoms with Crippen LogP contribution in [0.25, 0.3) is 0 Å². The average molecular weight is 383 g/mol. The van der Waals surface area contributed by atoms with Gasteiger partial charge in [0.2, 0.25) is 10.0 Å². The van der Waals surface area contributed by atoms with Gasteiger partial charge in [-0.15, -0.1) is 0 Å². The summed E-state index contributed by atoms with van der Waals surface area (Å²) in [7, 11) is -2.36. The highest BCUT2D eigenvalue weighted by molar-refractivity contribution is 7.89. The maximum absolute atomic E-state index is 11.5. The van der Waals surface area contributed by atoms with Crippen LogP contribution in [-0.2, 0) is 10.0 Å². The van der Waals surface area contributed by atoms with Crippen molar-refractivity contribution in [3.8, 4) is 11.9 Å². The Bertz CT molecular complexity index is 695. The minimum atomic E-state index is -3.78. The molecule has 0 radical (unpaired) electrons. The van der Waals surface area contributed by atoms with E-state index in [-0.39, 0.29) is 10.6 Å². The molecule has 1 heterocycles. The first-order valence-electron chi connectivity index (χ1n) is 8.91. The van der Waals surface area contributed by atoms with Gasteiger partial charge in [0, 0.05) is 25.3 Å². The summed E-state index contributed by atoms with van der Waals surface area (Å²) in [6, 6.07) is 4.89. The molecule has 1 atom stereocenters. The van der Waals surface area contributed by atoms with Gasteiger partial charge in [0.25, 0.3) is 0 Å². The van der Waals surface area contributed by atoms with Crippen LogP contribution in [0.5, 0.6) is 5.75 Å². The average Bonchev–Trinajstić information content (AvgIpc) is 3.15. The monoisotopic (exact) mass is 382 g/mol. The molecule has 0 amide bonds. The predicted octanol–water partition coefficient (Wildman–Crippen LogP) is 2.75. The van der Waals surface area contributed by atoms with Gasteiger partial charge >= 0.3 is 0 Å². The fourth-order valence-electron chi connectivity index (χ4n) is 2.49. The van der Waals surface area contributed by atoms with Gasteiger partial charge in [-0.3, -0.25) is 0 Å². The van der Waals surface area contributed by atoms with Crippen molar-refractivity contribution in [1.82, 2.24) is 4.90 Å². The third kappa shape index (κ3) is 7.50. The molecule has 0 bridgehead atoms. The molecular formula is C18H30N4O3S. The Hall–Kier alpha value is -1.98. The van der Waals surface area contributed by atoms with Crippen molar-refractivity contribution in [2.75, 3.05) is 32.1 Å². The number of primary sulfonamides is 1. The number of rotatable bonds is 7. The molecule has 3 N–H and O–H groups in total. The second kappa shape index (κ2) is 10.9. The van der Waals surface area contributed by atoms with Crippen LogP contribution in [0, 0.1) is 17.4 Å². The lowest BCUT2D eigenvalue weighted by Crippen LogP contribution is -2.14. The summed E-state index contributed by atoms with van der Waals surface area (Å²) in [6.07, 6.45) is 6.67. The molecule has 7 nitrogen and oxygen atoms in total. The van der Waals surface area contributed by atoms with Gasteiger partial charge < -0.3 is 15.0 Å². The minimum Gasteiger partial charge on any atom is -0.495 e. The van der Waals surface area contributed by atoms with Gasteiger partial charge in [-0.1, -0.05) is 20.3 Å². The molecule has 1 aliphatic rings.